The van der Waals surface area contributed by atoms with E-state index in [0.717, 1.165) is 40.6 Å². The smallest absolute Gasteiger partial charge is 0.249 e. The Bertz CT molecular complexity index is 1260. The van der Waals surface area contributed by atoms with Crippen LogP contribution in [0.1, 0.15) is 24.0 Å². The molecule has 0 bridgehead atoms. The molecule has 2 heterocycles. The second-order valence-electron chi connectivity index (χ2n) is 10.1. The number of hydrogen-bond donors (Lipinski definition) is 2. The summed E-state index contributed by atoms with van der Waals surface area (Å²) in [5.74, 6) is -0.808. The minimum Gasteiger partial charge on any atom is -0.370 e. The van der Waals surface area contributed by atoms with E-state index in [9.17, 15) is 14.4 Å². The summed E-state index contributed by atoms with van der Waals surface area (Å²) in [6.07, 6.45) is 2.84. The third-order valence-electron chi connectivity index (χ3n) is 7.46. The van der Waals surface area contributed by atoms with Crippen LogP contribution in [-0.2, 0) is 32.0 Å². The Kier molecular flexibility index (Phi) is 10.1. The lowest BCUT2D eigenvalue weighted by Gasteiger charge is -2.34. The normalized spacial score (nSPS) is 16.5. The first-order chi connectivity index (χ1) is 18.9. The summed E-state index contributed by atoms with van der Waals surface area (Å²) in [5, 5.41) is 9.18. The van der Waals surface area contributed by atoms with Crippen molar-refractivity contribution in [2.45, 2.75) is 43.8 Å². The predicted molar refractivity (Wildman–Crippen MR) is 155 cm³/mol. The standard InChI is InChI=1S/C30H38N4O4S/c1-31-29(36)25(16-21-10-5-4-6-11-21)34(3)30(37)26(17-22-20-39-27-14-8-7-13-24(22)27)33(2)28(35)19-38-18-23-12-9-15-32-23/h4-8,10-11,13-14,20,23,25-26,32H,9,12,15-19H2,1-3H3,(H,31,36)/t23-,25+,26+/m0/s1. The first-order valence-electron chi connectivity index (χ1n) is 13.4. The van der Waals surface area contributed by atoms with Crippen LogP contribution >= 0.6 is 11.3 Å². The highest BCUT2D eigenvalue weighted by Gasteiger charge is 2.35. The van der Waals surface area contributed by atoms with Gasteiger partial charge >= 0.3 is 0 Å². The van der Waals surface area contributed by atoms with Crippen molar-refractivity contribution in [1.82, 2.24) is 20.4 Å². The molecule has 208 valence electrons. The maximum absolute atomic E-state index is 14.1. The number of amides is 3. The number of nitrogens with zero attached hydrogens (tertiary/aromatic N) is 2. The maximum atomic E-state index is 14.1. The number of carbonyl (C=O) groups excluding carboxylic acids is 3. The van der Waals surface area contributed by atoms with Gasteiger partial charge in [0.15, 0.2) is 0 Å². The number of likely N-dealkylation sites (N-methyl/N-ethyl adjacent to an activating group) is 3. The summed E-state index contributed by atoms with van der Waals surface area (Å²) in [5.41, 5.74) is 1.95. The Morgan fingerprint density at radius 1 is 1.03 bits per heavy atom. The summed E-state index contributed by atoms with van der Waals surface area (Å²) < 4.78 is 6.86. The van der Waals surface area contributed by atoms with E-state index >= 15 is 0 Å². The average Bonchev–Trinajstić information content (AvgIpc) is 3.64. The van der Waals surface area contributed by atoms with Gasteiger partial charge in [-0.25, -0.2) is 0 Å². The SMILES string of the molecule is CNC(=O)[C@@H](Cc1ccccc1)N(C)C(=O)[C@@H](Cc1csc2ccccc12)N(C)C(=O)COC[C@@H]1CCCN1. The molecule has 2 N–H and O–H groups in total. The summed E-state index contributed by atoms with van der Waals surface area (Å²) >= 11 is 1.62. The van der Waals surface area contributed by atoms with E-state index in [1.54, 1.807) is 32.5 Å². The fourth-order valence-electron chi connectivity index (χ4n) is 5.05. The van der Waals surface area contributed by atoms with Gasteiger partial charge in [-0.05, 0) is 47.3 Å². The molecule has 1 fully saturated rings. The Hall–Kier alpha value is -3.27. The molecule has 2 aromatic carbocycles. The predicted octanol–water partition coefficient (Wildman–Crippen LogP) is 2.86. The van der Waals surface area contributed by atoms with Gasteiger partial charge in [0.05, 0.1) is 6.61 Å². The number of fused-ring (bicyclic) bond motifs is 1. The summed E-state index contributed by atoms with van der Waals surface area (Å²) in [4.78, 5) is 43.3. The molecule has 0 saturated carbocycles. The van der Waals surface area contributed by atoms with Gasteiger partial charge in [0, 0.05) is 44.7 Å². The van der Waals surface area contributed by atoms with Crippen LogP contribution in [0.15, 0.2) is 60.0 Å². The van der Waals surface area contributed by atoms with Gasteiger partial charge in [-0.2, -0.15) is 0 Å². The number of rotatable bonds is 12. The molecule has 39 heavy (non-hydrogen) atoms. The molecule has 3 aromatic rings. The molecule has 9 heteroatoms. The highest BCUT2D eigenvalue weighted by Crippen LogP contribution is 2.28. The van der Waals surface area contributed by atoms with Crippen LogP contribution in [0, 0.1) is 0 Å². The first-order valence-corrected chi connectivity index (χ1v) is 14.3. The molecule has 1 aliphatic rings. The Morgan fingerprint density at radius 3 is 2.49 bits per heavy atom. The van der Waals surface area contributed by atoms with Gasteiger partial charge in [-0.3, -0.25) is 14.4 Å². The molecule has 0 radical (unpaired) electrons. The van der Waals surface area contributed by atoms with Gasteiger partial charge in [-0.1, -0.05) is 48.5 Å². The van der Waals surface area contributed by atoms with Gasteiger partial charge in [0.25, 0.3) is 0 Å². The molecule has 1 aromatic heterocycles. The Labute approximate surface area is 234 Å². The molecule has 0 spiro atoms. The highest BCUT2D eigenvalue weighted by atomic mass is 32.1. The summed E-state index contributed by atoms with van der Waals surface area (Å²) in [6.45, 7) is 1.33. The monoisotopic (exact) mass is 550 g/mol. The second-order valence-corrected chi connectivity index (χ2v) is 11.0. The molecular weight excluding hydrogens is 512 g/mol. The van der Waals surface area contributed by atoms with E-state index in [-0.39, 0.29) is 30.4 Å². The quantitative estimate of drug-likeness (QED) is 0.362. The van der Waals surface area contributed by atoms with Crippen LogP contribution in [0.4, 0.5) is 0 Å². The van der Waals surface area contributed by atoms with Crippen molar-refractivity contribution in [2.75, 3.05) is 40.9 Å². The Balaban J connectivity index is 1.56. The lowest BCUT2D eigenvalue weighted by molar-refractivity contribution is -0.149. The van der Waals surface area contributed by atoms with E-state index in [1.165, 1.54) is 9.80 Å². The number of hydrogen-bond acceptors (Lipinski definition) is 6. The van der Waals surface area contributed by atoms with Crippen molar-refractivity contribution in [3.63, 3.8) is 0 Å². The minimum absolute atomic E-state index is 0.102. The molecule has 3 atom stereocenters. The zero-order valence-corrected chi connectivity index (χ0v) is 23.7. The lowest BCUT2D eigenvalue weighted by Crippen LogP contribution is -2.56. The molecule has 4 rings (SSSR count). The molecule has 1 saturated heterocycles. The van der Waals surface area contributed by atoms with Gasteiger partial charge < -0.3 is 25.2 Å². The zero-order valence-electron chi connectivity index (χ0n) is 22.9. The van der Waals surface area contributed by atoms with Gasteiger partial charge in [0.1, 0.15) is 18.7 Å². The van der Waals surface area contributed by atoms with E-state index in [4.69, 9.17) is 4.74 Å². The number of carbonyl (C=O) groups is 3. The second kappa shape index (κ2) is 13.7. The van der Waals surface area contributed by atoms with E-state index in [0.29, 0.717) is 19.4 Å². The van der Waals surface area contributed by atoms with E-state index in [1.807, 2.05) is 60.0 Å². The molecule has 1 aliphatic heterocycles. The van der Waals surface area contributed by atoms with Crippen molar-refractivity contribution in [3.8, 4) is 0 Å². The van der Waals surface area contributed by atoms with Crippen molar-refractivity contribution in [2.24, 2.45) is 0 Å². The van der Waals surface area contributed by atoms with E-state index in [2.05, 4.69) is 10.6 Å². The van der Waals surface area contributed by atoms with Crippen LogP contribution in [0.5, 0.6) is 0 Å². The number of thiophene rings is 1. The van der Waals surface area contributed by atoms with E-state index < -0.39 is 12.1 Å². The summed E-state index contributed by atoms with van der Waals surface area (Å²) in [6, 6.07) is 16.4. The van der Waals surface area contributed by atoms with Crippen LogP contribution in [0.2, 0.25) is 0 Å². The fourth-order valence-corrected chi connectivity index (χ4v) is 6.03. The zero-order chi connectivity index (χ0) is 27.8. The van der Waals surface area contributed by atoms with Crippen molar-refractivity contribution in [3.05, 3.63) is 71.1 Å². The van der Waals surface area contributed by atoms with Crippen molar-refractivity contribution >= 4 is 39.1 Å². The fraction of sp³-hybridized carbons (Fsp3) is 0.433. The van der Waals surface area contributed by atoms with Gasteiger partial charge in [0.2, 0.25) is 17.7 Å². The number of benzene rings is 2. The highest BCUT2D eigenvalue weighted by molar-refractivity contribution is 7.17. The van der Waals surface area contributed by atoms with Gasteiger partial charge in [-0.15, -0.1) is 11.3 Å². The molecule has 0 aliphatic carbocycles. The molecular formula is C30H38N4O4S. The largest absolute Gasteiger partial charge is 0.370 e. The third kappa shape index (κ3) is 7.23. The van der Waals surface area contributed by atoms with Crippen LogP contribution in [0.25, 0.3) is 10.1 Å². The topological polar surface area (TPSA) is 91.0 Å². The number of ether oxygens (including phenoxy) is 1. The maximum Gasteiger partial charge on any atom is 0.249 e. The van der Waals surface area contributed by atoms with Crippen LogP contribution in [-0.4, -0.2) is 86.5 Å². The van der Waals surface area contributed by atoms with Crippen LogP contribution in [0.3, 0.4) is 0 Å². The third-order valence-corrected chi connectivity index (χ3v) is 8.48. The molecule has 8 nitrogen and oxygen atoms in total. The molecule has 3 amide bonds. The first kappa shape index (κ1) is 28.7. The lowest BCUT2D eigenvalue weighted by atomic mass is 10.00. The van der Waals surface area contributed by atoms with Crippen molar-refractivity contribution < 1.29 is 19.1 Å². The number of nitrogens with one attached hydrogen (secondary N) is 2. The minimum atomic E-state index is -0.795. The summed E-state index contributed by atoms with van der Waals surface area (Å²) in [7, 11) is 4.86. The van der Waals surface area contributed by atoms with Crippen molar-refractivity contribution in [1.29, 1.82) is 0 Å². The molecule has 0 unspecified atom stereocenters. The Morgan fingerprint density at radius 2 is 1.77 bits per heavy atom. The van der Waals surface area contributed by atoms with Crippen LogP contribution < -0.4 is 10.6 Å². The average molecular weight is 551 g/mol.